The molecule has 0 heterocycles. The van der Waals surface area contributed by atoms with Crippen LogP contribution in [0.4, 0.5) is 5.69 Å². The van der Waals surface area contributed by atoms with Gasteiger partial charge in [-0.05, 0) is 18.1 Å². The SMILES string of the molecule is CCCc1cc(C(=O)O)cc([N+](=O)[O-])c1Cl. The van der Waals surface area contributed by atoms with E-state index in [2.05, 4.69) is 0 Å². The Morgan fingerprint density at radius 1 is 1.56 bits per heavy atom. The van der Waals surface area contributed by atoms with E-state index in [-0.39, 0.29) is 16.3 Å². The lowest BCUT2D eigenvalue weighted by Crippen LogP contribution is -2.02. The maximum atomic E-state index is 10.8. The summed E-state index contributed by atoms with van der Waals surface area (Å²) in [6.07, 6.45) is 1.25. The molecule has 0 spiro atoms. The van der Waals surface area contributed by atoms with Gasteiger partial charge in [0.25, 0.3) is 5.69 Å². The van der Waals surface area contributed by atoms with E-state index in [1.807, 2.05) is 6.92 Å². The van der Waals surface area contributed by atoms with E-state index in [1.165, 1.54) is 6.07 Å². The van der Waals surface area contributed by atoms with Gasteiger partial charge >= 0.3 is 5.97 Å². The van der Waals surface area contributed by atoms with Crippen LogP contribution in [0.5, 0.6) is 0 Å². The molecule has 0 aliphatic heterocycles. The molecule has 0 aliphatic carbocycles. The second kappa shape index (κ2) is 4.94. The molecule has 0 atom stereocenters. The van der Waals surface area contributed by atoms with E-state index in [0.29, 0.717) is 12.0 Å². The van der Waals surface area contributed by atoms with Crippen LogP contribution in [0.3, 0.4) is 0 Å². The number of halogens is 1. The number of nitrogens with zero attached hydrogens (tertiary/aromatic N) is 1. The van der Waals surface area contributed by atoms with Crippen LogP contribution in [-0.4, -0.2) is 16.0 Å². The Labute approximate surface area is 96.8 Å². The lowest BCUT2D eigenvalue weighted by molar-refractivity contribution is -0.384. The maximum absolute atomic E-state index is 10.8. The Balaban J connectivity index is 3.38. The summed E-state index contributed by atoms with van der Waals surface area (Å²) in [5.74, 6) is -1.20. The molecule has 6 heteroatoms. The van der Waals surface area contributed by atoms with Crippen molar-refractivity contribution in [3.63, 3.8) is 0 Å². The molecule has 1 N–H and O–H groups in total. The summed E-state index contributed by atoms with van der Waals surface area (Å²) in [6.45, 7) is 1.88. The zero-order chi connectivity index (χ0) is 12.3. The summed E-state index contributed by atoms with van der Waals surface area (Å²) in [7, 11) is 0. The first-order valence-electron chi connectivity index (χ1n) is 4.67. The third-order valence-electron chi connectivity index (χ3n) is 2.09. The summed E-state index contributed by atoms with van der Waals surface area (Å²) in [6, 6.07) is 2.35. The highest BCUT2D eigenvalue weighted by molar-refractivity contribution is 6.33. The Hall–Kier alpha value is -1.62. The summed E-state index contributed by atoms with van der Waals surface area (Å²) >= 11 is 5.82. The topological polar surface area (TPSA) is 80.4 Å². The maximum Gasteiger partial charge on any atom is 0.335 e. The summed E-state index contributed by atoms with van der Waals surface area (Å²) < 4.78 is 0. The molecule has 0 unspecified atom stereocenters. The number of carboxylic acids is 1. The number of aromatic carboxylic acids is 1. The molecule has 1 rings (SSSR count). The zero-order valence-electron chi connectivity index (χ0n) is 8.57. The van der Waals surface area contributed by atoms with Crippen molar-refractivity contribution in [3.05, 3.63) is 38.4 Å². The largest absolute Gasteiger partial charge is 0.478 e. The fourth-order valence-corrected chi connectivity index (χ4v) is 1.65. The number of nitro groups is 1. The van der Waals surface area contributed by atoms with Gasteiger partial charge in [-0.1, -0.05) is 24.9 Å². The number of benzene rings is 1. The lowest BCUT2D eigenvalue weighted by Gasteiger charge is -2.05. The van der Waals surface area contributed by atoms with Gasteiger partial charge in [0.1, 0.15) is 5.02 Å². The predicted octanol–water partition coefficient (Wildman–Crippen LogP) is 2.90. The van der Waals surface area contributed by atoms with Gasteiger partial charge in [-0.3, -0.25) is 10.1 Å². The fourth-order valence-electron chi connectivity index (χ4n) is 1.38. The van der Waals surface area contributed by atoms with Crippen LogP contribution < -0.4 is 0 Å². The average Bonchev–Trinajstić information content (AvgIpc) is 2.20. The standard InChI is InChI=1S/C10H10ClNO4/c1-2-3-6-4-7(10(13)14)5-8(9(6)11)12(15)16/h4-5H,2-3H2,1H3,(H,13,14). The predicted molar refractivity (Wildman–Crippen MR) is 59.1 cm³/mol. The van der Waals surface area contributed by atoms with E-state index < -0.39 is 10.9 Å². The third-order valence-corrected chi connectivity index (χ3v) is 2.53. The minimum absolute atomic E-state index is 0.0249. The van der Waals surface area contributed by atoms with Crippen LogP contribution in [0.1, 0.15) is 29.3 Å². The summed E-state index contributed by atoms with van der Waals surface area (Å²) in [5.41, 5.74) is 0.0281. The number of carbonyl (C=O) groups is 1. The van der Waals surface area contributed by atoms with Crippen molar-refractivity contribution in [3.8, 4) is 0 Å². The first-order valence-corrected chi connectivity index (χ1v) is 5.05. The van der Waals surface area contributed by atoms with Crippen LogP contribution >= 0.6 is 11.6 Å². The van der Waals surface area contributed by atoms with Crippen molar-refractivity contribution in [2.75, 3.05) is 0 Å². The van der Waals surface area contributed by atoms with E-state index in [4.69, 9.17) is 16.7 Å². The van der Waals surface area contributed by atoms with Crippen LogP contribution in [0.15, 0.2) is 12.1 Å². The molecular formula is C10H10ClNO4. The molecule has 0 aliphatic rings. The van der Waals surface area contributed by atoms with Crippen molar-refractivity contribution in [1.29, 1.82) is 0 Å². The lowest BCUT2D eigenvalue weighted by atomic mass is 10.1. The molecular weight excluding hydrogens is 234 g/mol. The molecule has 86 valence electrons. The molecule has 1 aromatic rings. The molecule has 0 radical (unpaired) electrons. The second-order valence-corrected chi connectivity index (χ2v) is 3.66. The molecule has 1 aromatic carbocycles. The molecule has 0 aromatic heterocycles. The molecule has 16 heavy (non-hydrogen) atoms. The van der Waals surface area contributed by atoms with Crippen LogP contribution in [0.2, 0.25) is 5.02 Å². The van der Waals surface area contributed by atoms with Crippen LogP contribution in [0, 0.1) is 10.1 Å². The van der Waals surface area contributed by atoms with Crippen molar-refractivity contribution >= 4 is 23.3 Å². The Morgan fingerprint density at radius 2 is 2.19 bits per heavy atom. The van der Waals surface area contributed by atoms with E-state index in [9.17, 15) is 14.9 Å². The van der Waals surface area contributed by atoms with Gasteiger partial charge < -0.3 is 5.11 Å². The van der Waals surface area contributed by atoms with Crippen LogP contribution in [-0.2, 0) is 6.42 Å². The van der Waals surface area contributed by atoms with Crippen molar-refractivity contribution in [2.45, 2.75) is 19.8 Å². The van der Waals surface area contributed by atoms with Gasteiger partial charge in [-0.25, -0.2) is 4.79 Å². The molecule has 0 amide bonds. The average molecular weight is 244 g/mol. The molecule has 0 saturated heterocycles. The number of rotatable bonds is 4. The van der Waals surface area contributed by atoms with E-state index in [0.717, 1.165) is 12.5 Å². The summed E-state index contributed by atoms with van der Waals surface area (Å²) in [5, 5.41) is 19.5. The first kappa shape index (κ1) is 12.4. The molecule has 0 bridgehead atoms. The third kappa shape index (κ3) is 2.49. The van der Waals surface area contributed by atoms with Gasteiger partial charge in [0.15, 0.2) is 0 Å². The smallest absolute Gasteiger partial charge is 0.335 e. The molecule has 5 nitrogen and oxygen atoms in total. The minimum Gasteiger partial charge on any atom is -0.478 e. The number of hydrogen-bond donors (Lipinski definition) is 1. The molecule has 0 fully saturated rings. The van der Waals surface area contributed by atoms with Gasteiger partial charge in [0, 0.05) is 6.07 Å². The Kier molecular flexibility index (Phi) is 3.84. The monoisotopic (exact) mass is 243 g/mol. The van der Waals surface area contributed by atoms with Crippen molar-refractivity contribution < 1.29 is 14.8 Å². The van der Waals surface area contributed by atoms with Crippen LogP contribution in [0.25, 0.3) is 0 Å². The number of carboxylic acid groups (broad SMARTS) is 1. The van der Waals surface area contributed by atoms with E-state index >= 15 is 0 Å². The van der Waals surface area contributed by atoms with Gasteiger partial charge in [-0.2, -0.15) is 0 Å². The highest BCUT2D eigenvalue weighted by Crippen LogP contribution is 2.30. The minimum atomic E-state index is -1.20. The normalized spacial score (nSPS) is 10.1. The quantitative estimate of drug-likeness (QED) is 0.651. The van der Waals surface area contributed by atoms with Crippen molar-refractivity contribution in [2.24, 2.45) is 0 Å². The number of aryl methyl sites for hydroxylation is 1. The first-order chi connectivity index (χ1) is 7.47. The number of hydrogen-bond acceptors (Lipinski definition) is 3. The van der Waals surface area contributed by atoms with Gasteiger partial charge in [0.2, 0.25) is 0 Å². The second-order valence-electron chi connectivity index (χ2n) is 3.28. The highest BCUT2D eigenvalue weighted by atomic mass is 35.5. The van der Waals surface area contributed by atoms with Gasteiger partial charge in [0.05, 0.1) is 10.5 Å². The fraction of sp³-hybridized carbons (Fsp3) is 0.300. The summed E-state index contributed by atoms with van der Waals surface area (Å²) in [4.78, 5) is 20.8. The highest BCUT2D eigenvalue weighted by Gasteiger charge is 2.19. The Bertz CT molecular complexity index is 445. The van der Waals surface area contributed by atoms with Gasteiger partial charge in [-0.15, -0.1) is 0 Å². The van der Waals surface area contributed by atoms with Crippen molar-refractivity contribution in [1.82, 2.24) is 0 Å². The molecule has 0 saturated carbocycles. The zero-order valence-corrected chi connectivity index (χ0v) is 9.32. The van der Waals surface area contributed by atoms with E-state index in [1.54, 1.807) is 0 Å². The number of nitro benzene ring substituents is 1. The Morgan fingerprint density at radius 3 is 2.62 bits per heavy atom.